The van der Waals surface area contributed by atoms with Crippen molar-refractivity contribution in [1.29, 1.82) is 0 Å². The molecule has 1 fully saturated rings. The molecular formula is C15H19NO5. The number of piperidine rings is 1. The van der Waals surface area contributed by atoms with E-state index in [-0.39, 0.29) is 6.61 Å². The molecule has 1 saturated heterocycles. The van der Waals surface area contributed by atoms with Gasteiger partial charge in [0.15, 0.2) is 6.04 Å². The van der Waals surface area contributed by atoms with Crippen molar-refractivity contribution in [2.75, 3.05) is 13.7 Å². The van der Waals surface area contributed by atoms with E-state index in [0.29, 0.717) is 19.4 Å². The van der Waals surface area contributed by atoms with Gasteiger partial charge in [0.2, 0.25) is 0 Å². The Labute approximate surface area is 123 Å². The smallest absolute Gasteiger partial charge is 0.410 e. The molecule has 0 aliphatic carbocycles. The SMILES string of the molecule is COC(=O)C1C(O)CCCN1C(=O)OCc1ccccc1. The van der Waals surface area contributed by atoms with E-state index in [4.69, 9.17) is 4.74 Å². The lowest BCUT2D eigenvalue weighted by Crippen LogP contribution is -2.55. The molecule has 21 heavy (non-hydrogen) atoms. The maximum atomic E-state index is 12.1. The molecule has 0 radical (unpaired) electrons. The van der Waals surface area contributed by atoms with Crippen molar-refractivity contribution in [1.82, 2.24) is 4.90 Å². The van der Waals surface area contributed by atoms with Crippen LogP contribution < -0.4 is 0 Å². The highest BCUT2D eigenvalue weighted by atomic mass is 16.6. The van der Waals surface area contributed by atoms with Gasteiger partial charge in [-0.15, -0.1) is 0 Å². The van der Waals surface area contributed by atoms with Gasteiger partial charge in [-0.3, -0.25) is 4.90 Å². The van der Waals surface area contributed by atoms with E-state index in [1.165, 1.54) is 12.0 Å². The first kappa shape index (κ1) is 15.3. The molecule has 6 nitrogen and oxygen atoms in total. The van der Waals surface area contributed by atoms with Gasteiger partial charge in [0.1, 0.15) is 6.61 Å². The highest BCUT2D eigenvalue weighted by Gasteiger charge is 2.40. The van der Waals surface area contributed by atoms with Gasteiger partial charge < -0.3 is 14.6 Å². The number of hydrogen-bond donors (Lipinski definition) is 1. The van der Waals surface area contributed by atoms with Crippen LogP contribution in [-0.4, -0.2) is 47.9 Å². The van der Waals surface area contributed by atoms with Gasteiger partial charge >= 0.3 is 12.1 Å². The molecule has 1 aromatic rings. The number of hydrogen-bond acceptors (Lipinski definition) is 5. The van der Waals surface area contributed by atoms with Crippen molar-refractivity contribution in [3.05, 3.63) is 35.9 Å². The number of aliphatic hydroxyl groups is 1. The topological polar surface area (TPSA) is 76.1 Å². The minimum atomic E-state index is -0.993. The molecule has 1 aliphatic rings. The predicted octanol–water partition coefficient (Wildman–Crippen LogP) is 1.32. The summed E-state index contributed by atoms with van der Waals surface area (Å²) >= 11 is 0. The average molecular weight is 293 g/mol. The minimum Gasteiger partial charge on any atom is -0.467 e. The molecule has 1 heterocycles. The molecule has 1 N–H and O–H groups in total. The number of likely N-dealkylation sites (tertiary alicyclic amines) is 1. The summed E-state index contributed by atoms with van der Waals surface area (Å²) in [6.45, 7) is 0.491. The van der Waals surface area contributed by atoms with E-state index in [9.17, 15) is 14.7 Å². The van der Waals surface area contributed by atoms with Gasteiger partial charge in [-0.2, -0.15) is 0 Å². The highest BCUT2D eigenvalue weighted by Crippen LogP contribution is 2.20. The van der Waals surface area contributed by atoms with Crippen LogP contribution >= 0.6 is 0 Å². The zero-order chi connectivity index (χ0) is 15.2. The normalized spacial score (nSPS) is 21.7. The molecule has 0 saturated carbocycles. The number of carbonyl (C=O) groups is 2. The van der Waals surface area contributed by atoms with Crippen LogP contribution in [0, 0.1) is 0 Å². The monoisotopic (exact) mass is 293 g/mol. The van der Waals surface area contributed by atoms with Crippen LogP contribution in [0.3, 0.4) is 0 Å². The van der Waals surface area contributed by atoms with Crippen LogP contribution in [0.1, 0.15) is 18.4 Å². The molecule has 2 rings (SSSR count). The third kappa shape index (κ3) is 3.72. The lowest BCUT2D eigenvalue weighted by Gasteiger charge is -2.36. The number of nitrogens with zero attached hydrogens (tertiary/aromatic N) is 1. The number of methoxy groups -OCH3 is 1. The number of ether oxygens (including phenoxy) is 2. The highest BCUT2D eigenvalue weighted by molar-refractivity contribution is 5.82. The Hall–Kier alpha value is -2.08. The van der Waals surface area contributed by atoms with Crippen LogP contribution in [-0.2, 0) is 20.9 Å². The van der Waals surface area contributed by atoms with Crippen molar-refractivity contribution < 1.29 is 24.2 Å². The number of amides is 1. The molecule has 2 atom stereocenters. The van der Waals surface area contributed by atoms with Crippen LogP contribution in [0.2, 0.25) is 0 Å². The Balaban J connectivity index is 2.00. The first-order valence-electron chi connectivity index (χ1n) is 6.86. The second kappa shape index (κ2) is 7.08. The Morgan fingerprint density at radius 3 is 2.71 bits per heavy atom. The molecule has 0 aromatic heterocycles. The molecule has 1 amide bonds. The van der Waals surface area contributed by atoms with Crippen LogP contribution in [0.4, 0.5) is 4.79 Å². The fraction of sp³-hybridized carbons (Fsp3) is 0.467. The summed E-state index contributed by atoms with van der Waals surface area (Å²) in [7, 11) is 1.23. The number of aliphatic hydroxyl groups excluding tert-OH is 1. The van der Waals surface area contributed by atoms with Gasteiger partial charge in [-0.05, 0) is 18.4 Å². The van der Waals surface area contributed by atoms with Crippen molar-refractivity contribution in [3.63, 3.8) is 0 Å². The maximum Gasteiger partial charge on any atom is 0.410 e. The third-order valence-corrected chi connectivity index (χ3v) is 3.48. The molecule has 0 bridgehead atoms. The van der Waals surface area contributed by atoms with Gasteiger partial charge in [0.05, 0.1) is 13.2 Å². The van der Waals surface area contributed by atoms with E-state index in [1.54, 1.807) is 0 Å². The molecule has 1 aliphatic heterocycles. The zero-order valence-corrected chi connectivity index (χ0v) is 11.9. The number of esters is 1. The maximum absolute atomic E-state index is 12.1. The summed E-state index contributed by atoms with van der Waals surface area (Å²) in [5.41, 5.74) is 0.859. The van der Waals surface area contributed by atoms with Crippen molar-refractivity contribution in [3.8, 4) is 0 Å². The first-order valence-corrected chi connectivity index (χ1v) is 6.86. The Morgan fingerprint density at radius 1 is 1.33 bits per heavy atom. The molecule has 114 valence electrons. The van der Waals surface area contributed by atoms with Gasteiger partial charge in [0, 0.05) is 6.54 Å². The van der Waals surface area contributed by atoms with Crippen LogP contribution in [0.15, 0.2) is 30.3 Å². The van der Waals surface area contributed by atoms with E-state index in [1.807, 2.05) is 30.3 Å². The Morgan fingerprint density at radius 2 is 2.05 bits per heavy atom. The fourth-order valence-corrected chi connectivity index (χ4v) is 2.39. The molecule has 2 unspecified atom stereocenters. The minimum absolute atomic E-state index is 0.125. The predicted molar refractivity (Wildman–Crippen MR) is 74.4 cm³/mol. The van der Waals surface area contributed by atoms with E-state index >= 15 is 0 Å². The van der Waals surface area contributed by atoms with Crippen LogP contribution in [0.25, 0.3) is 0 Å². The number of rotatable bonds is 3. The third-order valence-electron chi connectivity index (χ3n) is 3.48. The van der Waals surface area contributed by atoms with E-state index in [0.717, 1.165) is 5.56 Å². The standard InChI is InChI=1S/C15H19NO5/c1-20-14(18)13-12(17)8-5-9-16(13)15(19)21-10-11-6-3-2-4-7-11/h2-4,6-7,12-13,17H,5,8-10H2,1H3. The number of benzene rings is 1. The summed E-state index contributed by atoms with van der Waals surface area (Å²) in [6, 6.07) is 8.27. The van der Waals surface area contributed by atoms with Crippen molar-refractivity contribution in [2.45, 2.75) is 31.6 Å². The molecule has 6 heteroatoms. The summed E-state index contributed by atoms with van der Waals surface area (Å²) in [6.07, 6.45) is -0.458. The van der Waals surface area contributed by atoms with E-state index < -0.39 is 24.2 Å². The fourth-order valence-electron chi connectivity index (χ4n) is 2.39. The summed E-state index contributed by atoms with van der Waals surface area (Å²) in [5, 5.41) is 9.92. The van der Waals surface area contributed by atoms with Gasteiger partial charge in [0.25, 0.3) is 0 Å². The van der Waals surface area contributed by atoms with E-state index in [2.05, 4.69) is 4.74 Å². The average Bonchev–Trinajstić information content (AvgIpc) is 2.52. The Bertz CT molecular complexity index is 490. The van der Waals surface area contributed by atoms with Crippen molar-refractivity contribution >= 4 is 12.1 Å². The largest absolute Gasteiger partial charge is 0.467 e. The van der Waals surface area contributed by atoms with Crippen molar-refractivity contribution in [2.24, 2.45) is 0 Å². The zero-order valence-electron chi connectivity index (χ0n) is 11.9. The van der Waals surface area contributed by atoms with Crippen LogP contribution in [0.5, 0.6) is 0 Å². The van der Waals surface area contributed by atoms with Gasteiger partial charge in [-0.1, -0.05) is 30.3 Å². The summed E-state index contributed by atoms with van der Waals surface area (Å²) < 4.78 is 9.86. The van der Waals surface area contributed by atoms with Gasteiger partial charge in [-0.25, -0.2) is 9.59 Å². The summed E-state index contributed by atoms with van der Waals surface area (Å²) in [5.74, 6) is -0.626. The molecule has 0 spiro atoms. The quantitative estimate of drug-likeness (QED) is 0.851. The Kier molecular flexibility index (Phi) is 5.16. The molecule has 1 aromatic carbocycles. The number of carbonyl (C=O) groups excluding carboxylic acids is 2. The first-order chi connectivity index (χ1) is 10.1. The summed E-state index contributed by atoms with van der Waals surface area (Å²) in [4.78, 5) is 25.1. The lowest BCUT2D eigenvalue weighted by atomic mass is 9.99. The second-order valence-electron chi connectivity index (χ2n) is 4.91. The second-order valence-corrected chi connectivity index (χ2v) is 4.91. The lowest BCUT2D eigenvalue weighted by molar-refractivity contribution is -0.152. The molecular weight excluding hydrogens is 274 g/mol.